The Balaban J connectivity index is 2.21. The number of halogens is 1. The van der Waals surface area contributed by atoms with Gasteiger partial charge in [0.25, 0.3) is 0 Å². The number of carbonyl (C=O) groups is 1. The van der Waals surface area contributed by atoms with E-state index in [2.05, 4.69) is 10.1 Å². The van der Waals surface area contributed by atoms with Gasteiger partial charge in [0.1, 0.15) is 5.82 Å². The number of esters is 1. The molecule has 18 heavy (non-hydrogen) atoms. The molecule has 0 aliphatic heterocycles. The van der Waals surface area contributed by atoms with E-state index in [1.807, 2.05) is 13.0 Å². The highest BCUT2D eigenvalue weighted by Gasteiger charge is 2.05. The summed E-state index contributed by atoms with van der Waals surface area (Å²) in [6.45, 7) is 2.80. The second kappa shape index (κ2) is 7.82. The minimum absolute atomic E-state index is 0.186. The van der Waals surface area contributed by atoms with Crippen LogP contribution in [0.4, 0.5) is 4.39 Å². The molecule has 4 heteroatoms. The predicted octanol–water partition coefficient (Wildman–Crippen LogP) is 2.30. The van der Waals surface area contributed by atoms with Gasteiger partial charge in [-0.05, 0) is 44.0 Å². The number of methoxy groups -OCH3 is 1. The molecule has 3 nitrogen and oxygen atoms in total. The Hall–Kier alpha value is -1.42. The minimum atomic E-state index is -0.203. The van der Waals surface area contributed by atoms with Crippen LogP contribution in [0.15, 0.2) is 24.3 Å². The van der Waals surface area contributed by atoms with Crippen molar-refractivity contribution in [3.8, 4) is 0 Å². The fourth-order valence-corrected chi connectivity index (χ4v) is 1.77. The highest BCUT2D eigenvalue weighted by atomic mass is 19.1. The van der Waals surface area contributed by atoms with Crippen molar-refractivity contribution in [1.82, 2.24) is 5.32 Å². The summed E-state index contributed by atoms with van der Waals surface area (Å²) in [5.41, 5.74) is 0.975. The normalized spacial score (nSPS) is 12.2. The molecular formula is C14H20FNO2. The van der Waals surface area contributed by atoms with Crippen LogP contribution >= 0.6 is 0 Å². The monoisotopic (exact) mass is 253 g/mol. The van der Waals surface area contributed by atoms with Crippen LogP contribution in [0, 0.1) is 5.82 Å². The lowest BCUT2D eigenvalue weighted by Gasteiger charge is -2.13. The standard InChI is InChI=1S/C14H20FNO2/c1-11(16-8-4-7-14(17)18-2)9-12-5-3-6-13(15)10-12/h3,5-6,10-11,16H,4,7-9H2,1-2H3. The van der Waals surface area contributed by atoms with E-state index in [4.69, 9.17) is 0 Å². The van der Waals surface area contributed by atoms with E-state index in [0.717, 1.165) is 24.9 Å². The van der Waals surface area contributed by atoms with Gasteiger partial charge in [0.2, 0.25) is 0 Å². The first-order chi connectivity index (χ1) is 8.61. The van der Waals surface area contributed by atoms with Crippen molar-refractivity contribution in [2.24, 2.45) is 0 Å². The number of nitrogens with one attached hydrogen (secondary N) is 1. The third kappa shape index (κ3) is 5.77. The van der Waals surface area contributed by atoms with E-state index in [-0.39, 0.29) is 17.8 Å². The first-order valence-corrected chi connectivity index (χ1v) is 6.16. The third-order valence-corrected chi connectivity index (χ3v) is 2.71. The Morgan fingerprint density at radius 3 is 2.94 bits per heavy atom. The number of carbonyl (C=O) groups excluding carboxylic acids is 1. The van der Waals surface area contributed by atoms with Crippen LogP contribution in [0.3, 0.4) is 0 Å². The summed E-state index contributed by atoms with van der Waals surface area (Å²) in [5, 5.41) is 3.30. The largest absolute Gasteiger partial charge is 0.469 e. The zero-order chi connectivity index (χ0) is 13.4. The summed E-state index contributed by atoms with van der Waals surface area (Å²) in [4.78, 5) is 10.9. The van der Waals surface area contributed by atoms with Crippen LogP contribution in [0.1, 0.15) is 25.3 Å². The molecule has 0 fully saturated rings. The average Bonchev–Trinajstić information content (AvgIpc) is 2.34. The number of benzene rings is 1. The van der Waals surface area contributed by atoms with Crippen molar-refractivity contribution in [2.75, 3.05) is 13.7 Å². The van der Waals surface area contributed by atoms with Crippen LogP contribution in [-0.4, -0.2) is 25.7 Å². The Morgan fingerprint density at radius 1 is 1.50 bits per heavy atom. The van der Waals surface area contributed by atoms with Crippen molar-refractivity contribution >= 4 is 5.97 Å². The van der Waals surface area contributed by atoms with Crippen LogP contribution in [0.5, 0.6) is 0 Å². The Bertz CT molecular complexity index is 382. The minimum Gasteiger partial charge on any atom is -0.469 e. The Kier molecular flexibility index (Phi) is 6.36. The van der Waals surface area contributed by atoms with Gasteiger partial charge in [0, 0.05) is 12.5 Å². The van der Waals surface area contributed by atoms with Crippen molar-refractivity contribution in [3.05, 3.63) is 35.6 Å². The first-order valence-electron chi connectivity index (χ1n) is 6.16. The van der Waals surface area contributed by atoms with Crippen molar-refractivity contribution < 1.29 is 13.9 Å². The van der Waals surface area contributed by atoms with E-state index < -0.39 is 0 Å². The molecule has 0 aliphatic rings. The summed E-state index contributed by atoms with van der Waals surface area (Å²) in [5.74, 6) is -0.389. The Labute approximate surface area is 107 Å². The summed E-state index contributed by atoms with van der Waals surface area (Å²) < 4.78 is 17.5. The highest BCUT2D eigenvalue weighted by Crippen LogP contribution is 2.06. The van der Waals surface area contributed by atoms with E-state index in [1.165, 1.54) is 13.2 Å². The lowest BCUT2D eigenvalue weighted by molar-refractivity contribution is -0.140. The van der Waals surface area contributed by atoms with E-state index in [1.54, 1.807) is 12.1 Å². The quantitative estimate of drug-likeness (QED) is 0.598. The first kappa shape index (κ1) is 14.6. The molecule has 0 aliphatic carbocycles. The number of ether oxygens (including phenoxy) is 1. The SMILES string of the molecule is COC(=O)CCCNC(C)Cc1cccc(F)c1. The molecule has 1 atom stereocenters. The fourth-order valence-electron chi connectivity index (χ4n) is 1.77. The topological polar surface area (TPSA) is 38.3 Å². The summed E-state index contributed by atoms with van der Waals surface area (Å²) >= 11 is 0. The zero-order valence-electron chi connectivity index (χ0n) is 10.9. The van der Waals surface area contributed by atoms with Crippen LogP contribution < -0.4 is 5.32 Å². The second-order valence-electron chi connectivity index (χ2n) is 4.37. The van der Waals surface area contributed by atoms with Gasteiger partial charge < -0.3 is 10.1 Å². The van der Waals surface area contributed by atoms with Crippen LogP contribution in [0.2, 0.25) is 0 Å². The molecule has 0 radical (unpaired) electrons. The van der Waals surface area contributed by atoms with Gasteiger partial charge in [-0.3, -0.25) is 4.79 Å². The molecule has 1 aromatic rings. The lowest BCUT2D eigenvalue weighted by atomic mass is 10.1. The van der Waals surface area contributed by atoms with E-state index >= 15 is 0 Å². The molecule has 0 spiro atoms. The number of hydrogen-bond acceptors (Lipinski definition) is 3. The third-order valence-electron chi connectivity index (χ3n) is 2.71. The molecule has 0 saturated heterocycles. The molecule has 1 N–H and O–H groups in total. The molecule has 100 valence electrons. The summed E-state index contributed by atoms with van der Waals surface area (Å²) in [6, 6.07) is 6.87. The maximum atomic E-state index is 13.0. The van der Waals surface area contributed by atoms with E-state index in [9.17, 15) is 9.18 Å². The number of rotatable bonds is 7. The molecule has 0 heterocycles. The van der Waals surface area contributed by atoms with Gasteiger partial charge >= 0.3 is 5.97 Å². The maximum absolute atomic E-state index is 13.0. The van der Waals surface area contributed by atoms with Gasteiger partial charge in [0.15, 0.2) is 0 Å². The predicted molar refractivity (Wildman–Crippen MR) is 68.8 cm³/mol. The molecule has 0 amide bonds. The van der Waals surface area contributed by atoms with Gasteiger partial charge in [0.05, 0.1) is 7.11 Å². The van der Waals surface area contributed by atoms with Crippen molar-refractivity contribution in [3.63, 3.8) is 0 Å². The van der Waals surface area contributed by atoms with E-state index in [0.29, 0.717) is 6.42 Å². The van der Waals surface area contributed by atoms with Gasteiger partial charge in [-0.15, -0.1) is 0 Å². The smallest absolute Gasteiger partial charge is 0.305 e. The van der Waals surface area contributed by atoms with Crippen LogP contribution in [-0.2, 0) is 16.0 Å². The summed E-state index contributed by atoms with van der Waals surface area (Å²) in [7, 11) is 1.39. The molecule has 1 rings (SSSR count). The molecule has 0 aromatic heterocycles. The molecule has 1 aromatic carbocycles. The van der Waals surface area contributed by atoms with Crippen molar-refractivity contribution in [1.29, 1.82) is 0 Å². The fraction of sp³-hybridized carbons (Fsp3) is 0.500. The Morgan fingerprint density at radius 2 is 2.28 bits per heavy atom. The lowest BCUT2D eigenvalue weighted by Crippen LogP contribution is -2.29. The average molecular weight is 253 g/mol. The summed E-state index contributed by atoms with van der Waals surface area (Å²) in [6.07, 6.45) is 1.95. The highest BCUT2D eigenvalue weighted by molar-refractivity contribution is 5.69. The maximum Gasteiger partial charge on any atom is 0.305 e. The molecule has 0 bridgehead atoms. The second-order valence-corrected chi connectivity index (χ2v) is 4.37. The molecule has 0 saturated carbocycles. The molecule has 1 unspecified atom stereocenters. The van der Waals surface area contributed by atoms with Gasteiger partial charge in [-0.2, -0.15) is 0 Å². The zero-order valence-corrected chi connectivity index (χ0v) is 10.9. The van der Waals surface area contributed by atoms with Gasteiger partial charge in [-0.1, -0.05) is 12.1 Å². The number of hydrogen-bond donors (Lipinski definition) is 1. The van der Waals surface area contributed by atoms with Crippen molar-refractivity contribution in [2.45, 2.75) is 32.2 Å². The van der Waals surface area contributed by atoms with Gasteiger partial charge in [-0.25, -0.2) is 4.39 Å². The molecular weight excluding hydrogens is 233 g/mol. The van der Waals surface area contributed by atoms with Crippen LogP contribution in [0.25, 0.3) is 0 Å².